The molecule has 1 aliphatic heterocycles. The van der Waals surface area contributed by atoms with E-state index in [1.54, 1.807) is 0 Å². The van der Waals surface area contributed by atoms with Crippen LogP contribution in [0, 0.1) is 11.8 Å². The highest BCUT2D eigenvalue weighted by atomic mass is 15.2. The number of hydrogen-bond acceptors (Lipinski definition) is 2. The summed E-state index contributed by atoms with van der Waals surface area (Å²) in [6, 6.07) is 0. The van der Waals surface area contributed by atoms with Crippen LogP contribution in [0.25, 0.3) is 0 Å². The van der Waals surface area contributed by atoms with Gasteiger partial charge in [-0.1, -0.05) is 46.0 Å². The second-order valence-electron chi connectivity index (χ2n) is 6.88. The summed E-state index contributed by atoms with van der Waals surface area (Å²) in [5.74, 6) is 1.83. The molecule has 0 aromatic heterocycles. The Morgan fingerprint density at radius 3 is 2.42 bits per heavy atom. The first-order valence-electron chi connectivity index (χ1n) is 8.72. The predicted molar refractivity (Wildman–Crippen MR) is 83.2 cm³/mol. The van der Waals surface area contributed by atoms with Crippen molar-refractivity contribution >= 4 is 0 Å². The van der Waals surface area contributed by atoms with Crippen molar-refractivity contribution in [2.45, 2.75) is 77.2 Å². The van der Waals surface area contributed by atoms with Gasteiger partial charge < -0.3 is 5.73 Å². The lowest BCUT2D eigenvalue weighted by molar-refractivity contribution is -0.0182. The second-order valence-corrected chi connectivity index (χ2v) is 6.88. The van der Waals surface area contributed by atoms with E-state index in [2.05, 4.69) is 18.7 Å². The zero-order chi connectivity index (χ0) is 13.7. The van der Waals surface area contributed by atoms with Gasteiger partial charge in [0.2, 0.25) is 0 Å². The van der Waals surface area contributed by atoms with Crippen molar-refractivity contribution in [2.24, 2.45) is 17.6 Å². The van der Waals surface area contributed by atoms with Gasteiger partial charge in [0.15, 0.2) is 0 Å². The van der Waals surface area contributed by atoms with Crippen LogP contribution < -0.4 is 5.73 Å². The first kappa shape index (κ1) is 15.3. The van der Waals surface area contributed by atoms with Gasteiger partial charge in [-0.25, -0.2) is 0 Å². The largest absolute Gasteiger partial charge is 0.329 e. The summed E-state index contributed by atoms with van der Waals surface area (Å²) in [7, 11) is 0. The number of piperidine rings is 1. The fraction of sp³-hybridized carbons (Fsp3) is 1.00. The molecule has 2 rings (SSSR count). The topological polar surface area (TPSA) is 29.3 Å². The fourth-order valence-electron chi connectivity index (χ4n) is 4.77. The van der Waals surface area contributed by atoms with Gasteiger partial charge in [0, 0.05) is 12.1 Å². The van der Waals surface area contributed by atoms with E-state index in [1.165, 1.54) is 70.9 Å². The minimum atomic E-state index is 0.351. The standard InChI is InChI=1S/C17H34N2/c1-3-7-15-9-12-19(13-10-15)17(14-18)11-6-5-8-16(17)4-2/h15-16H,3-14,18H2,1-2H3. The number of nitrogens with zero attached hydrogens (tertiary/aromatic N) is 1. The Morgan fingerprint density at radius 1 is 1.11 bits per heavy atom. The molecule has 0 aromatic carbocycles. The van der Waals surface area contributed by atoms with Gasteiger partial charge in [-0.05, 0) is 50.6 Å². The molecule has 2 nitrogen and oxygen atoms in total. The molecule has 0 bridgehead atoms. The van der Waals surface area contributed by atoms with E-state index in [0.29, 0.717) is 5.54 Å². The highest BCUT2D eigenvalue weighted by Crippen LogP contribution is 2.41. The van der Waals surface area contributed by atoms with E-state index in [-0.39, 0.29) is 0 Å². The van der Waals surface area contributed by atoms with Crippen LogP contribution in [-0.2, 0) is 0 Å². The summed E-state index contributed by atoms with van der Waals surface area (Å²) < 4.78 is 0. The lowest BCUT2D eigenvalue weighted by atomic mass is 9.69. The van der Waals surface area contributed by atoms with Gasteiger partial charge in [0.1, 0.15) is 0 Å². The van der Waals surface area contributed by atoms with E-state index in [4.69, 9.17) is 5.73 Å². The van der Waals surface area contributed by atoms with Crippen molar-refractivity contribution in [3.63, 3.8) is 0 Å². The molecule has 2 fully saturated rings. The van der Waals surface area contributed by atoms with Crippen LogP contribution >= 0.6 is 0 Å². The summed E-state index contributed by atoms with van der Waals surface area (Å²) in [4.78, 5) is 2.80. The van der Waals surface area contributed by atoms with E-state index < -0.39 is 0 Å². The molecule has 1 saturated carbocycles. The van der Waals surface area contributed by atoms with Gasteiger partial charge in [-0.3, -0.25) is 4.90 Å². The van der Waals surface area contributed by atoms with E-state index in [1.807, 2.05) is 0 Å². The molecule has 1 aliphatic carbocycles. The Morgan fingerprint density at radius 2 is 1.84 bits per heavy atom. The van der Waals surface area contributed by atoms with Crippen LogP contribution in [0.15, 0.2) is 0 Å². The number of hydrogen-bond donors (Lipinski definition) is 1. The van der Waals surface area contributed by atoms with Crippen molar-refractivity contribution in [1.82, 2.24) is 4.90 Å². The molecule has 1 saturated heterocycles. The molecule has 112 valence electrons. The Bertz CT molecular complexity index is 258. The SMILES string of the molecule is CCCC1CCN(C2(CN)CCCCC2CC)CC1. The molecule has 2 atom stereocenters. The Kier molecular flexibility index (Phi) is 5.70. The third-order valence-corrected chi connectivity index (χ3v) is 5.96. The van der Waals surface area contributed by atoms with Gasteiger partial charge in [0.05, 0.1) is 0 Å². The zero-order valence-corrected chi connectivity index (χ0v) is 13.2. The minimum absolute atomic E-state index is 0.351. The number of likely N-dealkylation sites (tertiary alicyclic amines) is 1. The van der Waals surface area contributed by atoms with Crippen molar-refractivity contribution in [3.05, 3.63) is 0 Å². The molecule has 19 heavy (non-hydrogen) atoms. The molecule has 0 amide bonds. The summed E-state index contributed by atoms with van der Waals surface area (Å²) in [5, 5.41) is 0. The molecule has 2 aliphatic rings. The molecule has 2 heteroatoms. The third kappa shape index (κ3) is 3.16. The van der Waals surface area contributed by atoms with Gasteiger partial charge in [-0.2, -0.15) is 0 Å². The molecule has 1 heterocycles. The quantitative estimate of drug-likeness (QED) is 0.820. The molecular weight excluding hydrogens is 232 g/mol. The Labute approximate surface area is 120 Å². The van der Waals surface area contributed by atoms with Crippen LogP contribution in [0.2, 0.25) is 0 Å². The average Bonchev–Trinajstić information content (AvgIpc) is 2.48. The zero-order valence-electron chi connectivity index (χ0n) is 13.2. The Balaban J connectivity index is 2.01. The van der Waals surface area contributed by atoms with E-state index >= 15 is 0 Å². The van der Waals surface area contributed by atoms with Crippen molar-refractivity contribution in [2.75, 3.05) is 19.6 Å². The van der Waals surface area contributed by atoms with Crippen LogP contribution in [0.5, 0.6) is 0 Å². The summed E-state index contributed by atoms with van der Waals surface area (Å²) in [5.41, 5.74) is 6.64. The maximum Gasteiger partial charge on any atom is 0.0359 e. The normalized spacial score (nSPS) is 34.6. The number of nitrogens with two attached hydrogens (primary N) is 1. The van der Waals surface area contributed by atoms with Crippen molar-refractivity contribution in [3.8, 4) is 0 Å². The molecular formula is C17H34N2. The summed E-state index contributed by atoms with van der Waals surface area (Å²) >= 11 is 0. The fourth-order valence-corrected chi connectivity index (χ4v) is 4.77. The monoisotopic (exact) mass is 266 g/mol. The van der Waals surface area contributed by atoms with Gasteiger partial charge >= 0.3 is 0 Å². The second kappa shape index (κ2) is 7.08. The van der Waals surface area contributed by atoms with Crippen LogP contribution in [0.1, 0.15) is 71.6 Å². The number of rotatable bonds is 5. The van der Waals surface area contributed by atoms with Crippen molar-refractivity contribution < 1.29 is 0 Å². The lowest BCUT2D eigenvalue weighted by Gasteiger charge is -2.53. The predicted octanol–water partition coefficient (Wildman–Crippen LogP) is 3.80. The average molecular weight is 266 g/mol. The smallest absolute Gasteiger partial charge is 0.0359 e. The van der Waals surface area contributed by atoms with Gasteiger partial charge in [0.25, 0.3) is 0 Å². The first-order valence-corrected chi connectivity index (χ1v) is 8.72. The molecule has 0 aromatic rings. The third-order valence-electron chi connectivity index (χ3n) is 5.96. The highest BCUT2D eigenvalue weighted by molar-refractivity contribution is 5.00. The maximum absolute atomic E-state index is 6.29. The molecule has 2 N–H and O–H groups in total. The van der Waals surface area contributed by atoms with Crippen LogP contribution in [-0.4, -0.2) is 30.1 Å². The lowest BCUT2D eigenvalue weighted by Crippen LogP contribution is -2.61. The van der Waals surface area contributed by atoms with Crippen LogP contribution in [0.3, 0.4) is 0 Å². The van der Waals surface area contributed by atoms with Crippen molar-refractivity contribution in [1.29, 1.82) is 0 Å². The minimum Gasteiger partial charge on any atom is -0.329 e. The highest BCUT2D eigenvalue weighted by Gasteiger charge is 2.44. The van der Waals surface area contributed by atoms with E-state index in [0.717, 1.165) is 18.4 Å². The maximum atomic E-state index is 6.29. The Hall–Kier alpha value is -0.0800. The summed E-state index contributed by atoms with van der Waals surface area (Å²) in [6.45, 7) is 8.17. The van der Waals surface area contributed by atoms with Crippen LogP contribution in [0.4, 0.5) is 0 Å². The van der Waals surface area contributed by atoms with Gasteiger partial charge in [-0.15, -0.1) is 0 Å². The molecule has 0 radical (unpaired) electrons. The molecule has 0 spiro atoms. The molecule has 2 unspecified atom stereocenters. The van der Waals surface area contributed by atoms with E-state index in [9.17, 15) is 0 Å². The first-order chi connectivity index (χ1) is 9.26. The summed E-state index contributed by atoms with van der Waals surface area (Å²) in [6.07, 6.45) is 12.5.